The number of ether oxygens (including phenoxy) is 1. The largest absolute Gasteiger partial charge is 0.573 e. The number of halogens is 6. The van der Waals surface area contributed by atoms with E-state index in [4.69, 9.17) is 5.73 Å². The van der Waals surface area contributed by atoms with E-state index in [1.807, 2.05) is 0 Å². The maximum Gasteiger partial charge on any atom is 0.573 e. The fraction of sp³-hybridized carbons (Fsp3) is 0.462. The monoisotopic (exact) mass is 543 g/mol. The highest BCUT2D eigenvalue weighted by Crippen LogP contribution is 2.49. The number of carbonyl (C=O) groups excluding carboxylic acids is 2. The van der Waals surface area contributed by atoms with Crippen LogP contribution in [0.3, 0.4) is 0 Å². The van der Waals surface area contributed by atoms with Gasteiger partial charge in [0.1, 0.15) is 11.8 Å². The standard InChI is InChI=1S/C26H27F6N3O3/c27-25(28,29)18-5-3-16(4-6-18)14-21(22(36)35-13-1-2-19(33)15-35)34-23(37)24(11-12-24)17-7-9-20(10-8-17)38-26(30,31)32/h3-10,19,21H,1-2,11-15,33H2,(H,34,37)/t19-,21+/m1/s1. The topological polar surface area (TPSA) is 84.7 Å². The van der Waals surface area contributed by atoms with Crippen molar-refractivity contribution >= 4 is 11.8 Å². The molecule has 0 bridgehead atoms. The minimum absolute atomic E-state index is 0.0388. The molecule has 6 nitrogen and oxygen atoms in total. The van der Waals surface area contributed by atoms with Crippen LogP contribution in [0.15, 0.2) is 48.5 Å². The molecule has 0 spiro atoms. The first kappa shape index (κ1) is 27.7. The highest BCUT2D eigenvalue weighted by molar-refractivity contribution is 5.95. The number of hydrogen-bond acceptors (Lipinski definition) is 4. The molecule has 1 heterocycles. The molecule has 2 atom stereocenters. The van der Waals surface area contributed by atoms with Crippen molar-refractivity contribution in [3.63, 3.8) is 0 Å². The number of carbonyl (C=O) groups is 2. The lowest BCUT2D eigenvalue weighted by molar-refractivity contribution is -0.274. The molecule has 0 unspecified atom stereocenters. The fourth-order valence-electron chi connectivity index (χ4n) is 4.74. The Morgan fingerprint density at radius 1 is 1.03 bits per heavy atom. The van der Waals surface area contributed by atoms with Crippen molar-refractivity contribution in [2.45, 2.75) is 62.1 Å². The van der Waals surface area contributed by atoms with Gasteiger partial charge >= 0.3 is 12.5 Å². The zero-order valence-corrected chi connectivity index (χ0v) is 20.2. The second-order valence-electron chi connectivity index (χ2n) is 9.77. The lowest BCUT2D eigenvalue weighted by atomic mass is 9.93. The molecule has 3 N–H and O–H groups in total. The number of amides is 2. The van der Waals surface area contributed by atoms with E-state index in [1.165, 1.54) is 24.3 Å². The summed E-state index contributed by atoms with van der Waals surface area (Å²) < 4.78 is 80.3. The summed E-state index contributed by atoms with van der Waals surface area (Å²) in [6.45, 7) is 0.738. The number of hydrogen-bond donors (Lipinski definition) is 2. The molecule has 1 saturated carbocycles. The van der Waals surface area contributed by atoms with Gasteiger partial charge in [-0.3, -0.25) is 9.59 Å². The summed E-state index contributed by atoms with van der Waals surface area (Å²) in [5, 5.41) is 2.77. The molecular formula is C26H27F6N3O3. The molecule has 1 saturated heterocycles. The number of likely N-dealkylation sites (tertiary alicyclic amines) is 1. The van der Waals surface area contributed by atoms with Crippen LogP contribution in [0.4, 0.5) is 26.3 Å². The lowest BCUT2D eigenvalue weighted by Gasteiger charge is -2.34. The third-order valence-electron chi connectivity index (χ3n) is 6.92. The van der Waals surface area contributed by atoms with Gasteiger partial charge in [0.15, 0.2) is 0 Å². The fourth-order valence-corrected chi connectivity index (χ4v) is 4.74. The van der Waals surface area contributed by atoms with Gasteiger partial charge in [0.2, 0.25) is 11.8 Å². The minimum atomic E-state index is -4.85. The van der Waals surface area contributed by atoms with Crippen molar-refractivity contribution in [3.8, 4) is 5.75 Å². The zero-order valence-electron chi connectivity index (χ0n) is 20.2. The van der Waals surface area contributed by atoms with E-state index in [1.54, 1.807) is 4.90 Å². The van der Waals surface area contributed by atoms with Gasteiger partial charge in [-0.2, -0.15) is 13.2 Å². The number of nitrogens with zero attached hydrogens (tertiary/aromatic N) is 1. The Labute approximate surface area is 215 Å². The van der Waals surface area contributed by atoms with Gasteiger partial charge in [0, 0.05) is 25.6 Å². The molecule has 2 fully saturated rings. The number of benzene rings is 2. The van der Waals surface area contributed by atoms with Gasteiger partial charge in [-0.1, -0.05) is 24.3 Å². The molecular weight excluding hydrogens is 516 g/mol. The molecule has 0 aromatic heterocycles. The van der Waals surface area contributed by atoms with Gasteiger partial charge in [-0.25, -0.2) is 0 Å². The van der Waals surface area contributed by atoms with Crippen LogP contribution in [-0.4, -0.2) is 48.2 Å². The highest BCUT2D eigenvalue weighted by Gasteiger charge is 2.52. The number of rotatable bonds is 7. The molecule has 2 aliphatic rings. The molecule has 4 rings (SSSR count). The van der Waals surface area contributed by atoms with Gasteiger partial charge in [0.05, 0.1) is 11.0 Å². The molecule has 206 valence electrons. The van der Waals surface area contributed by atoms with E-state index < -0.39 is 47.1 Å². The molecule has 0 radical (unpaired) electrons. The quantitative estimate of drug-likeness (QED) is 0.510. The van der Waals surface area contributed by atoms with Crippen LogP contribution in [0.5, 0.6) is 5.75 Å². The Balaban J connectivity index is 1.53. The molecule has 1 aliphatic carbocycles. The van der Waals surface area contributed by atoms with Crippen molar-refractivity contribution in [1.82, 2.24) is 10.2 Å². The first-order valence-corrected chi connectivity index (χ1v) is 12.1. The summed E-state index contributed by atoms with van der Waals surface area (Å²) in [5.41, 5.74) is 5.07. The predicted molar refractivity (Wildman–Crippen MR) is 125 cm³/mol. The van der Waals surface area contributed by atoms with Crippen LogP contribution in [0, 0.1) is 0 Å². The Kier molecular flexibility index (Phi) is 7.64. The van der Waals surface area contributed by atoms with Crippen molar-refractivity contribution in [3.05, 3.63) is 65.2 Å². The SMILES string of the molecule is N[C@@H]1CCCN(C(=O)[C@H](Cc2ccc(C(F)(F)F)cc2)NC(=O)C2(c3ccc(OC(F)(F)F)cc3)CC2)C1. The first-order valence-electron chi connectivity index (χ1n) is 12.1. The van der Waals surface area contributed by atoms with Crippen molar-refractivity contribution < 1.29 is 40.7 Å². The summed E-state index contributed by atoms with van der Waals surface area (Å²) in [6, 6.07) is 8.09. The number of nitrogens with two attached hydrogens (primary N) is 1. The third-order valence-corrected chi connectivity index (χ3v) is 6.92. The smallest absolute Gasteiger partial charge is 0.406 e. The first-order chi connectivity index (χ1) is 17.8. The average Bonchev–Trinajstić information content (AvgIpc) is 3.65. The Morgan fingerprint density at radius 3 is 2.18 bits per heavy atom. The van der Waals surface area contributed by atoms with Crippen molar-refractivity contribution in [2.75, 3.05) is 13.1 Å². The summed E-state index contributed by atoms with van der Waals surface area (Å²) >= 11 is 0. The molecule has 2 aromatic carbocycles. The maximum atomic E-state index is 13.4. The van der Waals surface area contributed by atoms with E-state index in [-0.39, 0.29) is 12.5 Å². The molecule has 38 heavy (non-hydrogen) atoms. The number of nitrogens with one attached hydrogen (secondary N) is 1. The van der Waals surface area contributed by atoms with Crippen LogP contribution in [0.2, 0.25) is 0 Å². The Bertz CT molecular complexity index is 1140. The molecule has 2 aromatic rings. The summed E-state index contributed by atoms with van der Waals surface area (Å²) in [6.07, 6.45) is -7.12. The van der Waals surface area contributed by atoms with Gasteiger partial charge in [-0.15, -0.1) is 13.2 Å². The lowest BCUT2D eigenvalue weighted by Crippen LogP contribution is -2.55. The van der Waals surface area contributed by atoms with E-state index in [0.717, 1.165) is 30.7 Å². The summed E-state index contributed by atoms with van der Waals surface area (Å²) in [7, 11) is 0. The zero-order chi connectivity index (χ0) is 27.7. The average molecular weight is 544 g/mol. The second-order valence-corrected chi connectivity index (χ2v) is 9.77. The van der Waals surface area contributed by atoms with Gasteiger partial charge in [0.25, 0.3) is 0 Å². The summed E-state index contributed by atoms with van der Waals surface area (Å²) in [5.74, 6) is -1.29. The van der Waals surface area contributed by atoms with Crippen LogP contribution < -0.4 is 15.8 Å². The summed E-state index contributed by atoms with van der Waals surface area (Å²) in [4.78, 5) is 28.4. The number of alkyl halides is 6. The number of piperidine rings is 1. The minimum Gasteiger partial charge on any atom is -0.406 e. The van der Waals surface area contributed by atoms with Crippen LogP contribution >= 0.6 is 0 Å². The van der Waals surface area contributed by atoms with E-state index in [2.05, 4.69) is 10.1 Å². The van der Waals surface area contributed by atoms with Crippen molar-refractivity contribution in [1.29, 1.82) is 0 Å². The van der Waals surface area contributed by atoms with E-state index >= 15 is 0 Å². The van der Waals surface area contributed by atoms with Crippen LogP contribution in [0.1, 0.15) is 42.4 Å². The van der Waals surface area contributed by atoms with E-state index in [9.17, 15) is 35.9 Å². The normalized spacial score (nSPS) is 20.0. The predicted octanol–water partition coefficient (Wildman–Crippen LogP) is 4.31. The highest BCUT2D eigenvalue weighted by atomic mass is 19.4. The maximum absolute atomic E-state index is 13.4. The van der Waals surface area contributed by atoms with Gasteiger partial charge < -0.3 is 20.7 Å². The van der Waals surface area contributed by atoms with Crippen LogP contribution in [-0.2, 0) is 27.6 Å². The third kappa shape index (κ3) is 6.58. The Morgan fingerprint density at radius 2 is 1.66 bits per heavy atom. The van der Waals surface area contributed by atoms with Gasteiger partial charge in [-0.05, 0) is 61.1 Å². The van der Waals surface area contributed by atoms with Crippen LogP contribution in [0.25, 0.3) is 0 Å². The molecule has 1 aliphatic heterocycles. The molecule has 12 heteroatoms. The Hall–Kier alpha value is -3.28. The molecule has 2 amide bonds. The second kappa shape index (κ2) is 10.5. The van der Waals surface area contributed by atoms with Crippen molar-refractivity contribution in [2.24, 2.45) is 5.73 Å². The van der Waals surface area contributed by atoms with E-state index in [0.29, 0.717) is 43.5 Å².